The maximum atomic E-state index is 5.34. The lowest BCUT2D eigenvalue weighted by Gasteiger charge is -2.26. The monoisotopic (exact) mass is 573 g/mol. The highest BCUT2D eigenvalue weighted by Crippen LogP contribution is 2.50. The van der Waals surface area contributed by atoms with Crippen molar-refractivity contribution < 1.29 is 0 Å². The molecule has 0 atom stereocenters. The molecule has 0 amide bonds. The molecule has 0 bridgehead atoms. The van der Waals surface area contributed by atoms with E-state index in [2.05, 4.69) is 169 Å². The van der Waals surface area contributed by atoms with E-state index in [1.54, 1.807) is 0 Å². The summed E-state index contributed by atoms with van der Waals surface area (Å²) in [6.45, 7) is 0. The Morgan fingerprint density at radius 1 is 0.333 bits per heavy atom. The summed E-state index contributed by atoms with van der Waals surface area (Å²) in [7, 11) is 0. The van der Waals surface area contributed by atoms with Gasteiger partial charge in [0.1, 0.15) is 0 Å². The number of rotatable bonds is 3. The molecular weight excluding hydrogens is 546 g/mol. The predicted molar refractivity (Wildman–Crippen MR) is 187 cm³/mol. The van der Waals surface area contributed by atoms with Crippen molar-refractivity contribution in [1.29, 1.82) is 0 Å². The van der Waals surface area contributed by atoms with Crippen LogP contribution in [-0.4, -0.2) is 9.97 Å². The minimum absolute atomic E-state index is 0.636. The predicted octanol–water partition coefficient (Wildman–Crippen LogP) is 11.2. The van der Waals surface area contributed by atoms with Crippen molar-refractivity contribution in [3.05, 3.63) is 164 Å². The van der Waals surface area contributed by atoms with Crippen LogP contribution in [0.15, 0.2) is 164 Å². The van der Waals surface area contributed by atoms with E-state index in [1.807, 2.05) is 0 Å². The third-order valence-electron chi connectivity index (χ3n) is 8.80. The summed E-state index contributed by atoms with van der Waals surface area (Å²) >= 11 is 0. The largest absolute Gasteiger partial charge is 0.278 e. The Labute approximate surface area is 261 Å². The zero-order valence-electron chi connectivity index (χ0n) is 24.4. The van der Waals surface area contributed by atoms with Crippen molar-refractivity contribution in [3.63, 3.8) is 0 Å². The summed E-state index contributed by atoms with van der Waals surface area (Å²) < 4.78 is 0. The Balaban J connectivity index is 1.33. The van der Waals surface area contributed by atoms with Crippen LogP contribution >= 0.6 is 0 Å². The second-order valence-electron chi connectivity index (χ2n) is 11.5. The van der Waals surface area contributed by atoms with Gasteiger partial charge in [-0.3, -0.25) is 4.90 Å². The number of nitrogens with zero attached hydrogens (tertiary/aromatic N) is 3. The summed E-state index contributed by atoms with van der Waals surface area (Å²) in [5.41, 5.74) is 10.7. The van der Waals surface area contributed by atoms with Crippen molar-refractivity contribution in [3.8, 4) is 44.8 Å². The van der Waals surface area contributed by atoms with E-state index in [4.69, 9.17) is 9.97 Å². The highest BCUT2D eigenvalue weighted by atomic mass is 15.3. The Morgan fingerprint density at radius 2 is 0.733 bits per heavy atom. The number of benzene rings is 7. The standard InChI is InChI=1S/C42H27N3/c1-3-13-30-25-32(23-21-28(30)11-1)38-27-39(33-24-22-29-12-2-4-14-31(29)26-33)44-42(43-38)45-40-19-9-7-17-36(40)34-15-5-6-16-35(34)37-18-8-10-20-41(37)45/h1-27H. The molecule has 3 heteroatoms. The lowest BCUT2D eigenvalue weighted by atomic mass is 9.95. The van der Waals surface area contributed by atoms with Crippen LogP contribution in [0.4, 0.5) is 17.3 Å². The molecule has 0 unspecified atom stereocenters. The van der Waals surface area contributed by atoms with E-state index in [9.17, 15) is 0 Å². The van der Waals surface area contributed by atoms with Crippen molar-refractivity contribution >= 4 is 38.9 Å². The van der Waals surface area contributed by atoms with Crippen molar-refractivity contribution in [2.75, 3.05) is 4.90 Å². The number of para-hydroxylation sites is 2. The summed E-state index contributed by atoms with van der Waals surface area (Å²) in [5, 5.41) is 4.78. The van der Waals surface area contributed by atoms with Gasteiger partial charge in [-0.25, -0.2) is 9.97 Å². The molecule has 0 aliphatic carbocycles. The minimum atomic E-state index is 0.636. The topological polar surface area (TPSA) is 29.0 Å². The smallest absolute Gasteiger partial charge is 0.235 e. The summed E-state index contributed by atoms with van der Waals surface area (Å²) in [6.07, 6.45) is 0. The zero-order valence-corrected chi connectivity index (χ0v) is 24.4. The number of aromatic nitrogens is 2. The SMILES string of the molecule is c1ccc2c(c1)-c1ccccc1N(c1nc(-c3ccc4ccccc4c3)cc(-c3ccc4ccccc4c3)n1)c1ccccc1-2. The molecule has 0 fully saturated rings. The van der Waals surface area contributed by atoms with E-state index < -0.39 is 0 Å². The summed E-state index contributed by atoms with van der Waals surface area (Å²) in [6, 6.07) is 58.0. The van der Waals surface area contributed by atoms with Gasteiger partial charge in [0.25, 0.3) is 0 Å². The van der Waals surface area contributed by atoms with Gasteiger partial charge in [0, 0.05) is 22.3 Å². The van der Waals surface area contributed by atoms with Crippen molar-refractivity contribution in [2.24, 2.45) is 0 Å². The number of anilines is 3. The first kappa shape index (κ1) is 25.4. The van der Waals surface area contributed by atoms with Gasteiger partial charge in [0.2, 0.25) is 5.95 Å². The molecule has 45 heavy (non-hydrogen) atoms. The fourth-order valence-electron chi connectivity index (χ4n) is 6.62. The number of hydrogen-bond acceptors (Lipinski definition) is 3. The Morgan fingerprint density at radius 3 is 1.22 bits per heavy atom. The molecule has 1 aliphatic heterocycles. The molecule has 1 aliphatic rings. The van der Waals surface area contributed by atoms with Crippen LogP contribution in [0.1, 0.15) is 0 Å². The summed E-state index contributed by atoms with van der Waals surface area (Å²) in [4.78, 5) is 12.9. The van der Waals surface area contributed by atoms with Crippen LogP contribution in [0.2, 0.25) is 0 Å². The molecule has 210 valence electrons. The molecule has 8 aromatic rings. The average molecular weight is 574 g/mol. The molecule has 3 nitrogen and oxygen atoms in total. The summed E-state index contributed by atoms with van der Waals surface area (Å²) in [5.74, 6) is 0.636. The molecule has 2 heterocycles. The van der Waals surface area contributed by atoms with Crippen LogP contribution in [0.25, 0.3) is 66.3 Å². The van der Waals surface area contributed by atoms with E-state index in [0.29, 0.717) is 5.95 Å². The molecule has 0 saturated heterocycles. The van der Waals surface area contributed by atoms with E-state index in [-0.39, 0.29) is 0 Å². The van der Waals surface area contributed by atoms with Gasteiger partial charge in [0.05, 0.1) is 22.8 Å². The van der Waals surface area contributed by atoms with Gasteiger partial charge < -0.3 is 0 Å². The van der Waals surface area contributed by atoms with Crippen LogP contribution in [0.3, 0.4) is 0 Å². The van der Waals surface area contributed by atoms with Crippen LogP contribution in [-0.2, 0) is 0 Å². The van der Waals surface area contributed by atoms with Gasteiger partial charge in [0.15, 0.2) is 0 Å². The van der Waals surface area contributed by atoms with Gasteiger partial charge in [-0.15, -0.1) is 0 Å². The zero-order chi connectivity index (χ0) is 29.7. The molecule has 0 spiro atoms. The fraction of sp³-hybridized carbons (Fsp3) is 0. The van der Waals surface area contributed by atoms with Crippen LogP contribution in [0.5, 0.6) is 0 Å². The van der Waals surface area contributed by atoms with Crippen LogP contribution < -0.4 is 4.90 Å². The third-order valence-corrected chi connectivity index (χ3v) is 8.80. The molecule has 7 aromatic carbocycles. The van der Waals surface area contributed by atoms with E-state index >= 15 is 0 Å². The van der Waals surface area contributed by atoms with Crippen LogP contribution in [0, 0.1) is 0 Å². The van der Waals surface area contributed by atoms with Gasteiger partial charge in [-0.1, -0.05) is 133 Å². The van der Waals surface area contributed by atoms with Crippen molar-refractivity contribution in [1.82, 2.24) is 9.97 Å². The quantitative estimate of drug-likeness (QED) is 0.210. The second-order valence-corrected chi connectivity index (χ2v) is 11.5. The van der Waals surface area contributed by atoms with Gasteiger partial charge >= 0.3 is 0 Å². The lowest BCUT2D eigenvalue weighted by molar-refractivity contribution is 1.09. The highest BCUT2D eigenvalue weighted by Gasteiger charge is 2.28. The Hall–Kier alpha value is -6.06. The number of fused-ring (bicyclic) bond motifs is 7. The highest BCUT2D eigenvalue weighted by molar-refractivity contribution is 6.02. The molecule has 9 rings (SSSR count). The minimum Gasteiger partial charge on any atom is -0.278 e. The molecular formula is C42H27N3. The van der Waals surface area contributed by atoms with E-state index in [1.165, 1.54) is 32.7 Å². The first-order valence-corrected chi connectivity index (χ1v) is 15.3. The van der Waals surface area contributed by atoms with E-state index in [0.717, 1.165) is 45.0 Å². The molecule has 0 N–H and O–H groups in total. The first-order chi connectivity index (χ1) is 22.3. The molecule has 0 radical (unpaired) electrons. The normalized spacial score (nSPS) is 12.0. The molecule has 0 saturated carbocycles. The maximum absolute atomic E-state index is 5.34. The van der Waals surface area contributed by atoms with Gasteiger partial charge in [-0.2, -0.15) is 0 Å². The third kappa shape index (κ3) is 4.29. The maximum Gasteiger partial charge on any atom is 0.235 e. The Bertz CT molecular complexity index is 2240. The fourth-order valence-corrected chi connectivity index (χ4v) is 6.62. The molecule has 1 aromatic heterocycles. The first-order valence-electron chi connectivity index (χ1n) is 15.3. The number of hydrogen-bond donors (Lipinski definition) is 0. The second kappa shape index (κ2) is 10.3. The lowest BCUT2D eigenvalue weighted by Crippen LogP contribution is -2.15. The average Bonchev–Trinajstić information content (AvgIpc) is 3.24. The van der Waals surface area contributed by atoms with Crippen molar-refractivity contribution in [2.45, 2.75) is 0 Å². The van der Waals surface area contributed by atoms with Gasteiger partial charge in [-0.05, 0) is 63.0 Å². The Kier molecular flexibility index (Phi) is 5.82.